The van der Waals surface area contributed by atoms with Crippen molar-refractivity contribution in [3.8, 4) is 0 Å². The number of anilines is 1. The van der Waals surface area contributed by atoms with Crippen LogP contribution in [0.1, 0.15) is 35.7 Å². The standard InChI is InChI=1S/C17H18N2O3/c1-2-3-5-13-8-10-15(11-9-13)18-17(20)14-6-4-7-16(12-14)19(21)22/h4,6-12H,2-3,5H2,1H3,(H,18,20). The zero-order valence-electron chi connectivity index (χ0n) is 12.4. The Bertz CT molecular complexity index is 666. The maximum Gasteiger partial charge on any atom is 0.270 e. The summed E-state index contributed by atoms with van der Waals surface area (Å²) in [6.07, 6.45) is 3.31. The number of nitro groups is 1. The van der Waals surface area contributed by atoms with Crippen LogP contribution in [0.2, 0.25) is 0 Å². The largest absolute Gasteiger partial charge is 0.322 e. The van der Waals surface area contributed by atoms with Crippen LogP contribution < -0.4 is 5.32 Å². The molecule has 0 aliphatic rings. The Balaban J connectivity index is 2.05. The van der Waals surface area contributed by atoms with E-state index in [0.717, 1.165) is 19.3 Å². The second kappa shape index (κ2) is 7.36. The molecule has 0 aliphatic heterocycles. The molecule has 5 heteroatoms. The summed E-state index contributed by atoms with van der Waals surface area (Å²) in [5.74, 6) is -0.356. The fraction of sp³-hybridized carbons (Fsp3) is 0.235. The van der Waals surface area contributed by atoms with Crippen LogP contribution in [0.15, 0.2) is 48.5 Å². The SMILES string of the molecule is CCCCc1ccc(NC(=O)c2cccc([N+](=O)[O-])c2)cc1. The summed E-state index contributed by atoms with van der Waals surface area (Å²) >= 11 is 0. The maximum atomic E-state index is 12.1. The van der Waals surface area contributed by atoms with Gasteiger partial charge >= 0.3 is 0 Å². The van der Waals surface area contributed by atoms with Gasteiger partial charge in [-0.25, -0.2) is 0 Å². The van der Waals surface area contributed by atoms with Crippen molar-refractivity contribution in [3.05, 3.63) is 69.8 Å². The highest BCUT2D eigenvalue weighted by Gasteiger charge is 2.11. The smallest absolute Gasteiger partial charge is 0.270 e. The molecule has 2 aromatic carbocycles. The molecule has 0 saturated carbocycles. The lowest BCUT2D eigenvalue weighted by Crippen LogP contribution is -2.12. The summed E-state index contributed by atoms with van der Waals surface area (Å²) in [5.41, 5.74) is 2.08. The minimum Gasteiger partial charge on any atom is -0.322 e. The molecule has 1 amide bonds. The van der Waals surface area contributed by atoms with Gasteiger partial charge in [-0.2, -0.15) is 0 Å². The molecule has 2 aromatic rings. The van der Waals surface area contributed by atoms with Crippen LogP contribution in [0.25, 0.3) is 0 Å². The number of unbranched alkanes of at least 4 members (excludes halogenated alkanes) is 1. The lowest BCUT2D eigenvalue weighted by Gasteiger charge is -2.06. The molecule has 0 saturated heterocycles. The summed E-state index contributed by atoms with van der Waals surface area (Å²) in [7, 11) is 0. The number of rotatable bonds is 6. The summed E-state index contributed by atoms with van der Waals surface area (Å²) in [5, 5.41) is 13.5. The van der Waals surface area contributed by atoms with Crippen molar-refractivity contribution in [2.75, 3.05) is 5.32 Å². The number of hydrogen-bond acceptors (Lipinski definition) is 3. The Kier molecular flexibility index (Phi) is 5.25. The first kappa shape index (κ1) is 15.7. The van der Waals surface area contributed by atoms with E-state index in [1.54, 1.807) is 6.07 Å². The predicted octanol–water partition coefficient (Wildman–Crippen LogP) is 4.19. The fourth-order valence-corrected chi connectivity index (χ4v) is 2.10. The molecule has 0 unspecified atom stereocenters. The molecule has 0 spiro atoms. The summed E-state index contributed by atoms with van der Waals surface area (Å²) in [6, 6.07) is 13.3. The molecule has 5 nitrogen and oxygen atoms in total. The number of carbonyl (C=O) groups excluding carboxylic acids is 1. The number of aryl methyl sites for hydroxylation is 1. The van der Waals surface area contributed by atoms with Crippen LogP contribution in [-0.4, -0.2) is 10.8 Å². The van der Waals surface area contributed by atoms with Gasteiger partial charge in [-0.05, 0) is 36.6 Å². The van der Waals surface area contributed by atoms with Gasteiger partial charge in [0.25, 0.3) is 11.6 Å². The Morgan fingerprint density at radius 2 is 1.91 bits per heavy atom. The van der Waals surface area contributed by atoms with Gasteiger partial charge in [-0.1, -0.05) is 31.5 Å². The third-order valence-corrected chi connectivity index (χ3v) is 3.35. The number of nitrogens with one attached hydrogen (secondary N) is 1. The molecule has 0 atom stereocenters. The van der Waals surface area contributed by atoms with Crippen molar-refractivity contribution in [1.82, 2.24) is 0 Å². The maximum absolute atomic E-state index is 12.1. The zero-order chi connectivity index (χ0) is 15.9. The number of carbonyl (C=O) groups is 1. The van der Waals surface area contributed by atoms with Gasteiger partial charge in [-0.15, -0.1) is 0 Å². The van der Waals surface area contributed by atoms with Crippen molar-refractivity contribution < 1.29 is 9.72 Å². The van der Waals surface area contributed by atoms with Gasteiger partial charge in [0.05, 0.1) is 4.92 Å². The van der Waals surface area contributed by atoms with Crippen molar-refractivity contribution in [3.63, 3.8) is 0 Å². The van der Waals surface area contributed by atoms with E-state index < -0.39 is 4.92 Å². The summed E-state index contributed by atoms with van der Waals surface area (Å²) < 4.78 is 0. The molecule has 0 bridgehead atoms. The van der Waals surface area contributed by atoms with Crippen LogP contribution >= 0.6 is 0 Å². The van der Waals surface area contributed by atoms with Crippen molar-refractivity contribution in [2.24, 2.45) is 0 Å². The second-order valence-corrected chi connectivity index (χ2v) is 5.06. The van der Waals surface area contributed by atoms with Crippen molar-refractivity contribution in [2.45, 2.75) is 26.2 Å². The number of non-ortho nitro benzene ring substituents is 1. The van der Waals surface area contributed by atoms with Crippen LogP contribution in [0.4, 0.5) is 11.4 Å². The van der Waals surface area contributed by atoms with Crippen LogP contribution in [-0.2, 0) is 6.42 Å². The highest BCUT2D eigenvalue weighted by molar-refractivity contribution is 6.04. The van der Waals surface area contributed by atoms with E-state index in [-0.39, 0.29) is 17.2 Å². The van der Waals surface area contributed by atoms with Crippen LogP contribution in [0, 0.1) is 10.1 Å². The van der Waals surface area contributed by atoms with Crippen LogP contribution in [0.5, 0.6) is 0 Å². The molecule has 22 heavy (non-hydrogen) atoms. The molecule has 2 rings (SSSR count). The van der Waals surface area contributed by atoms with E-state index in [1.165, 1.54) is 23.8 Å². The van der Waals surface area contributed by atoms with E-state index in [1.807, 2.05) is 24.3 Å². The predicted molar refractivity (Wildman–Crippen MR) is 86.1 cm³/mol. The highest BCUT2D eigenvalue weighted by atomic mass is 16.6. The number of nitrogens with zero attached hydrogens (tertiary/aromatic N) is 1. The molecule has 114 valence electrons. The van der Waals surface area contributed by atoms with Crippen molar-refractivity contribution >= 4 is 17.3 Å². The quantitative estimate of drug-likeness (QED) is 0.642. The fourth-order valence-electron chi connectivity index (χ4n) is 2.10. The monoisotopic (exact) mass is 298 g/mol. The molecule has 1 N–H and O–H groups in total. The lowest BCUT2D eigenvalue weighted by atomic mass is 10.1. The minimum atomic E-state index is -0.515. The Morgan fingerprint density at radius 3 is 2.55 bits per heavy atom. The van der Waals surface area contributed by atoms with E-state index in [0.29, 0.717) is 5.69 Å². The van der Waals surface area contributed by atoms with Gasteiger partial charge in [0.2, 0.25) is 0 Å². The number of nitro benzene ring substituents is 1. The molecule has 0 heterocycles. The first-order valence-electron chi connectivity index (χ1n) is 7.25. The first-order valence-corrected chi connectivity index (χ1v) is 7.25. The lowest BCUT2D eigenvalue weighted by molar-refractivity contribution is -0.384. The number of amides is 1. The van der Waals surface area contributed by atoms with Crippen LogP contribution in [0.3, 0.4) is 0 Å². The van der Waals surface area contributed by atoms with Gasteiger partial charge < -0.3 is 5.32 Å². The summed E-state index contributed by atoms with van der Waals surface area (Å²) in [6.45, 7) is 2.15. The van der Waals surface area contributed by atoms with E-state index >= 15 is 0 Å². The van der Waals surface area contributed by atoms with Gasteiger partial charge in [0, 0.05) is 23.4 Å². The molecule has 0 aromatic heterocycles. The van der Waals surface area contributed by atoms with Gasteiger partial charge in [-0.3, -0.25) is 14.9 Å². The Morgan fingerprint density at radius 1 is 1.18 bits per heavy atom. The van der Waals surface area contributed by atoms with E-state index in [2.05, 4.69) is 12.2 Å². The topological polar surface area (TPSA) is 72.2 Å². The zero-order valence-corrected chi connectivity index (χ0v) is 12.4. The van der Waals surface area contributed by atoms with Crippen molar-refractivity contribution in [1.29, 1.82) is 0 Å². The number of hydrogen-bond donors (Lipinski definition) is 1. The van der Waals surface area contributed by atoms with Gasteiger partial charge in [0.15, 0.2) is 0 Å². The minimum absolute atomic E-state index is 0.0948. The second-order valence-electron chi connectivity index (χ2n) is 5.06. The number of benzene rings is 2. The normalized spacial score (nSPS) is 10.2. The third-order valence-electron chi connectivity index (χ3n) is 3.35. The highest BCUT2D eigenvalue weighted by Crippen LogP contribution is 2.16. The average Bonchev–Trinajstić information content (AvgIpc) is 2.54. The molecule has 0 radical (unpaired) electrons. The van der Waals surface area contributed by atoms with Gasteiger partial charge in [0.1, 0.15) is 0 Å². The first-order chi connectivity index (χ1) is 10.6. The molecular formula is C17H18N2O3. The Labute approximate surface area is 129 Å². The molecule has 0 aliphatic carbocycles. The molecular weight excluding hydrogens is 280 g/mol. The third kappa shape index (κ3) is 4.15. The van der Waals surface area contributed by atoms with E-state index in [4.69, 9.17) is 0 Å². The average molecular weight is 298 g/mol. The molecule has 0 fully saturated rings. The Hall–Kier alpha value is -2.69. The summed E-state index contributed by atoms with van der Waals surface area (Å²) in [4.78, 5) is 22.3. The van der Waals surface area contributed by atoms with E-state index in [9.17, 15) is 14.9 Å².